The molecule has 1 fully saturated rings. The zero-order valence-corrected chi connectivity index (χ0v) is 14.2. The summed E-state index contributed by atoms with van der Waals surface area (Å²) in [6.07, 6.45) is 5.34. The first-order valence-corrected chi connectivity index (χ1v) is 7.78. The molecule has 1 amide bonds. The molecule has 0 radical (unpaired) electrons. The van der Waals surface area contributed by atoms with Crippen LogP contribution in [-0.4, -0.2) is 81.8 Å². The Labute approximate surface area is 145 Å². The zero-order valence-electron chi connectivity index (χ0n) is 14.2. The van der Waals surface area contributed by atoms with E-state index in [1.54, 1.807) is 12.4 Å². The summed E-state index contributed by atoms with van der Waals surface area (Å²) in [5.41, 5.74) is 0. The molecular weight excluding hydrogens is 332 g/mol. The Morgan fingerprint density at radius 3 is 2.64 bits per heavy atom. The van der Waals surface area contributed by atoms with Gasteiger partial charge in [0.15, 0.2) is 0 Å². The summed E-state index contributed by atoms with van der Waals surface area (Å²) in [5.74, 6) is 0.590. The average Bonchev–Trinajstić information content (AvgIpc) is 3.08. The van der Waals surface area contributed by atoms with Crippen molar-refractivity contribution >= 4 is 18.9 Å². The van der Waals surface area contributed by atoms with Gasteiger partial charge < -0.3 is 30.5 Å². The quantitative estimate of drug-likeness (QED) is 0.337. The lowest BCUT2D eigenvalue weighted by molar-refractivity contribution is -0.131. The highest BCUT2D eigenvalue weighted by Gasteiger charge is 2.31. The van der Waals surface area contributed by atoms with Gasteiger partial charge in [-0.15, -0.1) is 0 Å². The number of carbonyl (C=O) groups is 3. The van der Waals surface area contributed by atoms with Crippen molar-refractivity contribution in [1.82, 2.24) is 20.2 Å². The molecule has 1 aromatic heterocycles. The molecule has 2 rings (SSSR count). The fraction of sp³-hybridized carbons (Fsp3) is 0.600. The number of amides is 1. The second-order valence-corrected chi connectivity index (χ2v) is 5.37. The Morgan fingerprint density at radius 2 is 2.08 bits per heavy atom. The number of carbonyl (C=O) groups excluding carboxylic acids is 1. The minimum absolute atomic E-state index is 0.0431. The summed E-state index contributed by atoms with van der Waals surface area (Å²) >= 11 is 0. The van der Waals surface area contributed by atoms with E-state index in [0.29, 0.717) is 19.5 Å². The molecule has 0 bridgehead atoms. The van der Waals surface area contributed by atoms with Crippen molar-refractivity contribution in [3.8, 4) is 0 Å². The minimum atomic E-state index is -0.513. The van der Waals surface area contributed by atoms with Gasteiger partial charge >= 0.3 is 0 Å². The van der Waals surface area contributed by atoms with E-state index in [1.807, 2.05) is 7.05 Å². The smallest absolute Gasteiger partial charge is 0.290 e. The lowest BCUT2D eigenvalue weighted by atomic mass is 9.94. The monoisotopic (exact) mass is 358 g/mol. The summed E-state index contributed by atoms with van der Waals surface area (Å²) in [6.45, 7) is 1.60. The molecule has 0 aromatic carbocycles. The molecule has 0 saturated carbocycles. The van der Waals surface area contributed by atoms with Gasteiger partial charge in [0, 0.05) is 38.4 Å². The van der Waals surface area contributed by atoms with E-state index in [2.05, 4.69) is 20.2 Å². The van der Waals surface area contributed by atoms with Crippen LogP contribution in [0.2, 0.25) is 0 Å². The Hall–Kier alpha value is -2.46. The van der Waals surface area contributed by atoms with E-state index in [-0.39, 0.29) is 24.8 Å². The third-order valence-corrected chi connectivity index (χ3v) is 3.56. The molecule has 25 heavy (non-hydrogen) atoms. The van der Waals surface area contributed by atoms with Gasteiger partial charge in [-0.1, -0.05) is 0 Å². The second kappa shape index (κ2) is 13.9. The summed E-state index contributed by atoms with van der Waals surface area (Å²) in [6, 6.07) is 0. The highest BCUT2D eigenvalue weighted by molar-refractivity contribution is 5.79. The van der Waals surface area contributed by atoms with Crippen LogP contribution >= 0.6 is 0 Å². The largest absolute Gasteiger partial charge is 0.483 e. The number of aliphatic hydroxyl groups is 1. The van der Waals surface area contributed by atoms with E-state index in [1.165, 1.54) is 0 Å². The first-order chi connectivity index (χ1) is 12.0. The van der Waals surface area contributed by atoms with Gasteiger partial charge in [-0.05, 0) is 19.9 Å². The number of carboxylic acid groups (broad SMARTS) is 2. The predicted octanol–water partition coefficient (Wildman–Crippen LogP) is -0.827. The molecule has 0 aliphatic carbocycles. The van der Waals surface area contributed by atoms with Crippen molar-refractivity contribution in [3.05, 3.63) is 18.2 Å². The van der Waals surface area contributed by atoms with E-state index < -0.39 is 6.10 Å². The Bertz CT molecular complexity index is 476. The van der Waals surface area contributed by atoms with Crippen molar-refractivity contribution in [1.29, 1.82) is 0 Å². The van der Waals surface area contributed by atoms with Crippen molar-refractivity contribution < 1.29 is 29.7 Å². The number of aryl methyl sites for hydroxylation is 1. The maximum absolute atomic E-state index is 12.0. The Kier molecular flexibility index (Phi) is 12.6. The molecule has 10 nitrogen and oxygen atoms in total. The van der Waals surface area contributed by atoms with Crippen LogP contribution < -0.4 is 5.32 Å². The molecule has 0 spiro atoms. The van der Waals surface area contributed by atoms with Crippen LogP contribution in [-0.2, 0) is 20.8 Å². The van der Waals surface area contributed by atoms with Crippen LogP contribution in [0, 0.1) is 5.92 Å². The SMILES string of the molecule is CN1CC[C@H](O)[C@H](C(=O)NCCCc2ncc[nH]2)C1.O=CO.O=CO. The van der Waals surface area contributed by atoms with E-state index in [4.69, 9.17) is 19.8 Å². The number of piperidine rings is 1. The van der Waals surface area contributed by atoms with Gasteiger partial charge in [-0.25, -0.2) is 4.98 Å². The van der Waals surface area contributed by atoms with E-state index in [9.17, 15) is 9.90 Å². The number of nitrogens with zero attached hydrogens (tertiary/aromatic N) is 2. The zero-order chi connectivity index (χ0) is 19.1. The van der Waals surface area contributed by atoms with Crippen LogP contribution in [0.25, 0.3) is 0 Å². The maximum atomic E-state index is 12.0. The van der Waals surface area contributed by atoms with Crippen LogP contribution in [0.5, 0.6) is 0 Å². The van der Waals surface area contributed by atoms with Crippen molar-refractivity contribution in [2.75, 3.05) is 26.7 Å². The number of aliphatic hydroxyl groups excluding tert-OH is 1. The van der Waals surface area contributed by atoms with Gasteiger partial charge in [0.25, 0.3) is 12.9 Å². The van der Waals surface area contributed by atoms with E-state index in [0.717, 1.165) is 25.2 Å². The molecule has 1 aliphatic heterocycles. The number of rotatable bonds is 5. The first kappa shape index (κ1) is 22.5. The second-order valence-electron chi connectivity index (χ2n) is 5.37. The fourth-order valence-corrected chi connectivity index (χ4v) is 2.39. The Balaban J connectivity index is 0.000000844. The molecule has 10 heteroatoms. The predicted molar refractivity (Wildman–Crippen MR) is 88.9 cm³/mol. The van der Waals surface area contributed by atoms with Crippen molar-refractivity contribution in [2.45, 2.75) is 25.4 Å². The topological polar surface area (TPSA) is 156 Å². The van der Waals surface area contributed by atoms with Gasteiger partial charge in [-0.2, -0.15) is 0 Å². The third kappa shape index (κ3) is 10.1. The molecule has 1 aromatic rings. The molecule has 142 valence electrons. The molecule has 5 N–H and O–H groups in total. The molecule has 2 atom stereocenters. The number of likely N-dealkylation sites (tertiary alicyclic amines) is 1. The highest BCUT2D eigenvalue weighted by atomic mass is 16.3. The Morgan fingerprint density at radius 1 is 1.44 bits per heavy atom. The molecule has 1 saturated heterocycles. The molecule has 1 aliphatic rings. The third-order valence-electron chi connectivity index (χ3n) is 3.56. The van der Waals surface area contributed by atoms with E-state index >= 15 is 0 Å². The van der Waals surface area contributed by atoms with Gasteiger partial charge in [0.2, 0.25) is 5.91 Å². The number of H-pyrrole nitrogens is 1. The number of aromatic nitrogens is 2. The standard InChI is InChI=1S/C13H22N4O2.2CH2O2/c1-17-8-4-11(18)10(9-17)13(19)16-5-2-3-12-14-6-7-15-12;2*2-1-3/h6-7,10-11,18H,2-5,8-9H2,1H3,(H,14,15)(H,16,19);2*1H,(H,2,3)/t10-,11+;;/m1../s1. The van der Waals surface area contributed by atoms with Crippen molar-refractivity contribution in [2.24, 2.45) is 5.92 Å². The summed E-state index contributed by atoms with van der Waals surface area (Å²) < 4.78 is 0. The summed E-state index contributed by atoms with van der Waals surface area (Å²) in [5, 5.41) is 26.5. The van der Waals surface area contributed by atoms with Crippen LogP contribution in [0.1, 0.15) is 18.7 Å². The lowest BCUT2D eigenvalue weighted by Crippen LogP contribution is -2.48. The summed E-state index contributed by atoms with van der Waals surface area (Å²) in [4.78, 5) is 38.0. The normalized spacial score (nSPS) is 19.4. The minimum Gasteiger partial charge on any atom is -0.483 e. The number of imidazole rings is 1. The molecular formula is C15H26N4O6. The average molecular weight is 358 g/mol. The van der Waals surface area contributed by atoms with Crippen molar-refractivity contribution in [3.63, 3.8) is 0 Å². The van der Waals surface area contributed by atoms with Crippen LogP contribution in [0.4, 0.5) is 0 Å². The number of hydrogen-bond acceptors (Lipinski definition) is 6. The maximum Gasteiger partial charge on any atom is 0.290 e. The number of hydrogen-bond donors (Lipinski definition) is 5. The van der Waals surface area contributed by atoms with Crippen LogP contribution in [0.3, 0.4) is 0 Å². The molecule has 0 unspecified atom stereocenters. The fourth-order valence-electron chi connectivity index (χ4n) is 2.39. The van der Waals surface area contributed by atoms with Gasteiger partial charge in [-0.3, -0.25) is 14.4 Å². The molecule has 2 heterocycles. The number of aromatic amines is 1. The van der Waals surface area contributed by atoms with Crippen LogP contribution in [0.15, 0.2) is 12.4 Å². The number of nitrogens with one attached hydrogen (secondary N) is 2. The lowest BCUT2D eigenvalue weighted by Gasteiger charge is -2.32. The van der Waals surface area contributed by atoms with Gasteiger partial charge in [0.05, 0.1) is 12.0 Å². The summed E-state index contributed by atoms with van der Waals surface area (Å²) in [7, 11) is 1.98. The highest BCUT2D eigenvalue weighted by Crippen LogP contribution is 2.16. The van der Waals surface area contributed by atoms with Gasteiger partial charge in [0.1, 0.15) is 5.82 Å². The first-order valence-electron chi connectivity index (χ1n) is 7.78.